The lowest BCUT2D eigenvalue weighted by Crippen LogP contribution is -2.15. The summed E-state index contributed by atoms with van der Waals surface area (Å²) in [6, 6.07) is 2.00. The van der Waals surface area contributed by atoms with Gasteiger partial charge in [0, 0.05) is 6.04 Å². The van der Waals surface area contributed by atoms with Crippen LogP contribution >= 0.6 is 11.3 Å². The highest BCUT2D eigenvalue weighted by Gasteiger charge is 2.12. The molecule has 0 spiro atoms. The maximum atomic E-state index is 10.6. The second-order valence-corrected chi connectivity index (χ2v) is 4.10. The molecule has 1 unspecified atom stereocenters. The molecule has 0 bridgehead atoms. The highest BCUT2D eigenvalue weighted by molar-refractivity contribution is 7.12. The van der Waals surface area contributed by atoms with Gasteiger partial charge in [-0.25, -0.2) is 4.79 Å². The summed E-state index contributed by atoms with van der Waals surface area (Å²) >= 11 is 1.28. The van der Waals surface area contributed by atoms with Crippen molar-refractivity contribution in [2.75, 3.05) is 14.1 Å². The summed E-state index contributed by atoms with van der Waals surface area (Å²) in [6.45, 7) is 2.05. The third-order valence-corrected chi connectivity index (χ3v) is 3.02. The van der Waals surface area contributed by atoms with Crippen LogP contribution in [0.25, 0.3) is 0 Å². The van der Waals surface area contributed by atoms with Gasteiger partial charge >= 0.3 is 5.97 Å². The van der Waals surface area contributed by atoms with Crippen molar-refractivity contribution in [1.29, 1.82) is 0 Å². The van der Waals surface area contributed by atoms with Crippen molar-refractivity contribution in [3.05, 3.63) is 21.9 Å². The highest BCUT2D eigenvalue weighted by Crippen LogP contribution is 2.23. The molecule has 3 nitrogen and oxygen atoms in total. The lowest BCUT2D eigenvalue weighted by Gasteiger charge is -2.18. The van der Waals surface area contributed by atoms with Gasteiger partial charge in [-0.05, 0) is 38.0 Å². The van der Waals surface area contributed by atoms with E-state index in [0.717, 1.165) is 5.56 Å². The fourth-order valence-electron chi connectivity index (χ4n) is 0.980. The average Bonchev–Trinajstić information content (AvgIpc) is 2.50. The van der Waals surface area contributed by atoms with Gasteiger partial charge in [0.25, 0.3) is 0 Å². The minimum absolute atomic E-state index is 0.268. The van der Waals surface area contributed by atoms with Gasteiger partial charge in [-0.1, -0.05) is 0 Å². The smallest absolute Gasteiger partial charge is 0.345 e. The molecule has 1 aromatic rings. The molecule has 0 aliphatic heterocycles. The van der Waals surface area contributed by atoms with Gasteiger partial charge in [0.15, 0.2) is 0 Å². The summed E-state index contributed by atoms with van der Waals surface area (Å²) in [6.07, 6.45) is 0. The fourth-order valence-corrected chi connectivity index (χ4v) is 1.81. The maximum absolute atomic E-state index is 10.6. The Morgan fingerprint density at radius 1 is 1.62 bits per heavy atom. The number of thiophene rings is 1. The van der Waals surface area contributed by atoms with Gasteiger partial charge in [-0.2, -0.15) is 0 Å². The quantitative estimate of drug-likeness (QED) is 0.810. The van der Waals surface area contributed by atoms with Crippen molar-refractivity contribution >= 4 is 17.3 Å². The molecule has 0 fully saturated rings. The van der Waals surface area contributed by atoms with Crippen molar-refractivity contribution < 1.29 is 9.90 Å². The normalized spacial score (nSPS) is 13.2. The maximum Gasteiger partial charge on any atom is 0.345 e. The fraction of sp³-hybridized carbons (Fsp3) is 0.444. The van der Waals surface area contributed by atoms with E-state index in [2.05, 4.69) is 0 Å². The summed E-state index contributed by atoms with van der Waals surface area (Å²) < 4.78 is 0. The number of nitrogens with zero attached hydrogens (tertiary/aromatic N) is 1. The molecule has 0 aromatic carbocycles. The van der Waals surface area contributed by atoms with Crippen LogP contribution in [0.15, 0.2) is 11.4 Å². The van der Waals surface area contributed by atoms with Crippen LogP contribution in [0.3, 0.4) is 0 Å². The van der Waals surface area contributed by atoms with E-state index in [0.29, 0.717) is 4.88 Å². The van der Waals surface area contributed by atoms with Crippen LogP contribution in [0.1, 0.15) is 28.2 Å². The van der Waals surface area contributed by atoms with Crippen LogP contribution in [-0.4, -0.2) is 30.1 Å². The van der Waals surface area contributed by atoms with E-state index in [1.807, 2.05) is 31.3 Å². The van der Waals surface area contributed by atoms with Gasteiger partial charge in [-0.15, -0.1) is 11.3 Å². The zero-order valence-electron chi connectivity index (χ0n) is 7.94. The first-order chi connectivity index (χ1) is 6.02. The summed E-state index contributed by atoms with van der Waals surface area (Å²) in [5, 5.41) is 10.6. The van der Waals surface area contributed by atoms with E-state index >= 15 is 0 Å². The first-order valence-electron chi connectivity index (χ1n) is 4.00. The molecule has 13 heavy (non-hydrogen) atoms. The third kappa shape index (κ3) is 2.29. The molecule has 0 amide bonds. The second kappa shape index (κ2) is 3.89. The molecule has 0 saturated carbocycles. The van der Waals surface area contributed by atoms with Crippen molar-refractivity contribution in [3.8, 4) is 0 Å². The van der Waals surface area contributed by atoms with Gasteiger partial charge in [0.2, 0.25) is 0 Å². The largest absolute Gasteiger partial charge is 0.477 e. The Bertz CT molecular complexity index is 306. The van der Waals surface area contributed by atoms with Crippen LogP contribution in [0, 0.1) is 0 Å². The molecule has 1 N–H and O–H groups in total. The van der Waals surface area contributed by atoms with E-state index in [1.54, 1.807) is 6.07 Å². The third-order valence-electron chi connectivity index (χ3n) is 2.09. The Hall–Kier alpha value is -0.870. The molecule has 4 heteroatoms. The second-order valence-electron chi connectivity index (χ2n) is 3.19. The van der Waals surface area contributed by atoms with Crippen LogP contribution in [0.5, 0.6) is 0 Å². The average molecular weight is 199 g/mol. The highest BCUT2D eigenvalue weighted by atomic mass is 32.1. The van der Waals surface area contributed by atoms with Crippen molar-refractivity contribution in [2.45, 2.75) is 13.0 Å². The molecule has 1 aromatic heterocycles. The first-order valence-corrected chi connectivity index (χ1v) is 4.88. The van der Waals surface area contributed by atoms with Gasteiger partial charge in [0.1, 0.15) is 4.88 Å². The van der Waals surface area contributed by atoms with Crippen LogP contribution in [0.4, 0.5) is 0 Å². The monoisotopic (exact) mass is 199 g/mol. The number of hydrogen-bond donors (Lipinski definition) is 1. The Labute approximate surface area is 81.6 Å². The van der Waals surface area contributed by atoms with Crippen molar-refractivity contribution in [2.24, 2.45) is 0 Å². The Morgan fingerprint density at radius 3 is 2.62 bits per heavy atom. The van der Waals surface area contributed by atoms with E-state index < -0.39 is 5.97 Å². The Kier molecular flexibility index (Phi) is 3.06. The molecular formula is C9H13NO2S. The first kappa shape index (κ1) is 10.2. The molecule has 0 radical (unpaired) electrons. The molecule has 1 rings (SSSR count). The van der Waals surface area contributed by atoms with Crippen molar-refractivity contribution in [1.82, 2.24) is 4.90 Å². The molecule has 0 saturated heterocycles. The van der Waals surface area contributed by atoms with Gasteiger partial charge < -0.3 is 10.0 Å². The topological polar surface area (TPSA) is 40.5 Å². The van der Waals surface area contributed by atoms with E-state index in [1.165, 1.54) is 11.3 Å². The Morgan fingerprint density at radius 2 is 2.23 bits per heavy atom. The van der Waals surface area contributed by atoms with Gasteiger partial charge in [-0.3, -0.25) is 0 Å². The van der Waals surface area contributed by atoms with Crippen molar-refractivity contribution in [3.63, 3.8) is 0 Å². The summed E-state index contributed by atoms with van der Waals surface area (Å²) in [5.74, 6) is -0.845. The van der Waals surface area contributed by atoms with Gasteiger partial charge in [0.05, 0.1) is 0 Å². The predicted octanol–water partition coefficient (Wildman–Crippen LogP) is 2.07. The lowest BCUT2D eigenvalue weighted by atomic mass is 10.1. The molecule has 0 aliphatic rings. The van der Waals surface area contributed by atoms with E-state index in [9.17, 15) is 4.79 Å². The minimum Gasteiger partial charge on any atom is -0.477 e. The summed E-state index contributed by atoms with van der Waals surface area (Å²) in [5.41, 5.74) is 1.06. The number of carboxylic acid groups (broad SMARTS) is 1. The molecule has 1 atom stereocenters. The lowest BCUT2D eigenvalue weighted by molar-refractivity contribution is 0.0702. The van der Waals surface area contributed by atoms with E-state index in [4.69, 9.17) is 5.11 Å². The van der Waals surface area contributed by atoms with Crippen LogP contribution in [-0.2, 0) is 0 Å². The molecule has 1 heterocycles. The summed E-state index contributed by atoms with van der Waals surface area (Å²) in [7, 11) is 3.95. The zero-order valence-corrected chi connectivity index (χ0v) is 8.76. The van der Waals surface area contributed by atoms with Crippen LogP contribution in [0.2, 0.25) is 0 Å². The van der Waals surface area contributed by atoms with E-state index in [-0.39, 0.29) is 6.04 Å². The predicted molar refractivity (Wildman–Crippen MR) is 53.4 cm³/mol. The standard InChI is InChI=1S/C9H13NO2S/c1-6(10(2)3)7-4-8(9(11)12)13-5-7/h4-6H,1-3H3,(H,11,12). The summed E-state index contributed by atoms with van der Waals surface area (Å²) in [4.78, 5) is 13.1. The number of hydrogen-bond acceptors (Lipinski definition) is 3. The SMILES string of the molecule is CC(c1csc(C(=O)O)c1)N(C)C. The molecule has 72 valence electrons. The zero-order chi connectivity index (χ0) is 10.0. The number of carbonyl (C=O) groups is 1. The Balaban J connectivity index is 2.85. The van der Waals surface area contributed by atoms with Crippen LogP contribution < -0.4 is 0 Å². The number of aromatic carboxylic acids is 1. The number of carboxylic acids is 1. The molecular weight excluding hydrogens is 186 g/mol. The molecule has 0 aliphatic carbocycles. The number of rotatable bonds is 3. The minimum atomic E-state index is -0.845.